The van der Waals surface area contributed by atoms with Gasteiger partial charge < -0.3 is 9.84 Å². The van der Waals surface area contributed by atoms with Crippen LogP contribution in [0.5, 0.6) is 0 Å². The number of halogens is 1. The molecule has 17 heavy (non-hydrogen) atoms. The number of nitrogens with one attached hydrogen (secondary N) is 2. The van der Waals surface area contributed by atoms with Crippen LogP contribution >= 0.6 is 0 Å². The summed E-state index contributed by atoms with van der Waals surface area (Å²) in [4.78, 5) is 11.5. The molecule has 0 unspecified atom stereocenters. The van der Waals surface area contributed by atoms with Gasteiger partial charge in [-0.25, -0.2) is 9.18 Å². The van der Waals surface area contributed by atoms with Crippen molar-refractivity contribution in [3.63, 3.8) is 0 Å². The largest absolute Gasteiger partial charge is 0.360 e. The minimum Gasteiger partial charge on any atom is -0.360 e. The summed E-state index contributed by atoms with van der Waals surface area (Å²) >= 11 is 0. The van der Waals surface area contributed by atoms with E-state index in [9.17, 15) is 9.18 Å². The van der Waals surface area contributed by atoms with Gasteiger partial charge in [0.25, 0.3) is 0 Å². The van der Waals surface area contributed by atoms with Gasteiger partial charge in [0.05, 0.1) is 5.69 Å². The molecule has 0 fully saturated rings. The normalized spacial score (nSPS) is 10.0. The topological polar surface area (TPSA) is 67.2 Å². The van der Waals surface area contributed by atoms with Gasteiger partial charge in [-0.15, -0.1) is 0 Å². The summed E-state index contributed by atoms with van der Waals surface area (Å²) in [7, 11) is 0. The van der Waals surface area contributed by atoms with Gasteiger partial charge in [-0.05, 0) is 19.1 Å². The lowest BCUT2D eigenvalue weighted by Crippen LogP contribution is -2.20. The molecule has 0 atom stereocenters. The SMILES string of the molecule is Cc1cc(NC(=O)Nc2ccccc2F)no1. The van der Waals surface area contributed by atoms with Gasteiger partial charge in [0, 0.05) is 6.07 Å². The Morgan fingerprint density at radius 2 is 2.12 bits per heavy atom. The Labute approximate surface area is 96.6 Å². The highest BCUT2D eigenvalue weighted by molar-refractivity contribution is 5.99. The van der Waals surface area contributed by atoms with Crippen LogP contribution in [-0.2, 0) is 0 Å². The van der Waals surface area contributed by atoms with Gasteiger partial charge >= 0.3 is 6.03 Å². The zero-order valence-electron chi connectivity index (χ0n) is 9.03. The molecule has 88 valence electrons. The summed E-state index contributed by atoms with van der Waals surface area (Å²) in [6.07, 6.45) is 0. The van der Waals surface area contributed by atoms with Gasteiger partial charge in [0.2, 0.25) is 0 Å². The zero-order chi connectivity index (χ0) is 12.3. The molecular formula is C11H10FN3O2. The molecule has 0 aliphatic carbocycles. The monoisotopic (exact) mass is 235 g/mol. The maximum Gasteiger partial charge on any atom is 0.325 e. The number of carbonyl (C=O) groups is 1. The molecule has 0 saturated carbocycles. The third-order valence-electron chi connectivity index (χ3n) is 1.99. The summed E-state index contributed by atoms with van der Waals surface area (Å²) in [6, 6.07) is 6.86. The standard InChI is InChI=1S/C11H10FN3O2/c1-7-6-10(15-17-7)14-11(16)13-9-5-3-2-4-8(9)12/h2-6H,1H3,(H2,13,14,15,16). The molecular weight excluding hydrogens is 225 g/mol. The molecule has 6 heteroatoms. The molecule has 1 aromatic carbocycles. The van der Waals surface area contributed by atoms with Crippen LogP contribution in [0, 0.1) is 12.7 Å². The summed E-state index contributed by atoms with van der Waals surface area (Å²) in [5, 5.41) is 8.36. The molecule has 0 saturated heterocycles. The lowest BCUT2D eigenvalue weighted by atomic mass is 10.3. The first-order valence-corrected chi connectivity index (χ1v) is 4.91. The molecule has 2 aromatic rings. The molecule has 0 aliphatic rings. The fourth-order valence-corrected chi connectivity index (χ4v) is 1.26. The molecule has 0 aliphatic heterocycles. The molecule has 1 heterocycles. The Bertz CT molecular complexity index is 539. The fraction of sp³-hybridized carbons (Fsp3) is 0.0909. The van der Waals surface area contributed by atoms with Crippen molar-refractivity contribution in [2.24, 2.45) is 0 Å². The Morgan fingerprint density at radius 3 is 2.76 bits per heavy atom. The first-order chi connectivity index (χ1) is 8.15. The highest BCUT2D eigenvalue weighted by Crippen LogP contribution is 2.13. The van der Waals surface area contributed by atoms with E-state index in [0.29, 0.717) is 5.76 Å². The lowest BCUT2D eigenvalue weighted by Gasteiger charge is -2.05. The molecule has 0 spiro atoms. The van der Waals surface area contributed by atoms with Crippen LogP contribution in [0.4, 0.5) is 20.7 Å². The van der Waals surface area contributed by atoms with E-state index in [-0.39, 0.29) is 11.5 Å². The molecule has 2 N–H and O–H groups in total. The number of nitrogens with zero attached hydrogens (tertiary/aromatic N) is 1. The first-order valence-electron chi connectivity index (χ1n) is 4.91. The summed E-state index contributed by atoms with van der Waals surface area (Å²) < 4.78 is 18.0. The summed E-state index contributed by atoms with van der Waals surface area (Å²) in [6.45, 7) is 1.70. The average molecular weight is 235 g/mol. The van der Waals surface area contributed by atoms with E-state index < -0.39 is 11.8 Å². The number of anilines is 2. The third-order valence-corrected chi connectivity index (χ3v) is 1.99. The number of carbonyl (C=O) groups excluding carboxylic acids is 1. The van der Waals surface area contributed by atoms with Crippen LogP contribution in [0.15, 0.2) is 34.9 Å². The van der Waals surface area contributed by atoms with E-state index in [1.54, 1.807) is 25.1 Å². The van der Waals surface area contributed by atoms with E-state index in [4.69, 9.17) is 4.52 Å². The minimum atomic E-state index is -0.580. The van der Waals surface area contributed by atoms with Crippen molar-refractivity contribution < 1.29 is 13.7 Å². The number of hydrogen-bond donors (Lipinski definition) is 2. The second-order valence-electron chi connectivity index (χ2n) is 3.38. The number of aryl methyl sites for hydroxylation is 1. The fourth-order valence-electron chi connectivity index (χ4n) is 1.26. The number of urea groups is 1. The quantitative estimate of drug-likeness (QED) is 0.841. The predicted octanol–water partition coefficient (Wildman–Crippen LogP) is 2.77. The van der Waals surface area contributed by atoms with Crippen LogP contribution in [0.25, 0.3) is 0 Å². The Hall–Kier alpha value is -2.37. The van der Waals surface area contributed by atoms with E-state index in [1.807, 2.05) is 0 Å². The molecule has 5 nitrogen and oxygen atoms in total. The minimum absolute atomic E-state index is 0.102. The number of aromatic nitrogens is 1. The third kappa shape index (κ3) is 2.81. The van der Waals surface area contributed by atoms with Crippen LogP contribution in [0.2, 0.25) is 0 Å². The Morgan fingerprint density at radius 1 is 1.35 bits per heavy atom. The van der Waals surface area contributed by atoms with Crippen molar-refractivity contribution in [1.29, 1.82) is 0 Å². The smallest absolute Gasteiger partial charge is 0.325 e. The zero-order valence-corrected chi connectivity index (χ0v) is 9.03. The van der Waals surface area contributed by atoms with E-state index in [1.165, 1.54) is 12.1 Å². The van der Waals surface area contributed by atoms with Gasteiger partial charge in [-0.3, -0.25) is 5.32 Å². The Balaban J connectivity index is 2.01. The highest BCUT2D eigenvalue weighted by Gasteiger charge is 2.08. The second-order valence-corrected chi connectivity index (χ2v) is 3.38. The Kier molecular flexibility index (Phi) is 3.04. The van der Waals surface area contributed by atoms with Gasteiger partial charge in [0.15, 0.2) is 5.82 Å². The van der Waals surface area contributed by atoms with E-state index >= 15 is 0 Å². The highest BCUT2D eigenvalue weighted by atomic mass is 19.1. The van der Waals surface area contributed by atoms with Crippen molar-refractivity contribution in [2.75, 3.05) is 10.6 Å². The van der Waals surface area contributed by atoms with Crippen molar-refractivity contribution >= 4 is 17.5 Å². The number of rotatable bonds is 2. The predicted molar refractivity (Wildman–Crippen MR) is 60.3 cm³/mol. The van der Waals surface area contributed by atoms with Gasteiger partial charge in [0.1, 0.15) is 11.6 Å². The summed E-state index contributed by atoms with van der Waals surface area (Å²) in [5.74, 6) is 0.349. The molecule has 2 rings (SSSR count). The van der Waals surface area contributed by atoms with Crippen molar-refractivity contribution in [2.45, 2.75) is 6.92 Å². The first kappa shape index (κ1) is 11.1. The maximum atomic E-state index is 13.2. The van der Waals surface area contributed by atoms with Crippen LogP contribution in [0.1, 0.15) is 5.76 Å². The molecule has 2 amide bonds. The molecule has 0 radical (unpaired) electrons. The number of benzene rings is 1. The van der Waals surface area contributed by atoms with Crippen molar-refractivity contribution in [1.82, 2.24) is 5.16 Å². The second kappa shape index (κ2) is 4.65. The van der Waals surface area contributed by atoms with Gasteiger partial charge in [-0.1, -0.05) is 17.3 Å². The molecule has 1 aromatic heterocycles. The molecule has 0 bridgehead atoms. The number of hydrogen-bond acceptors (Lipinski definition) is 3. The van der Waals surface area contributed by atoms with Crippen LogP contribution < -0.4 is 10.6 Å². The van der Waals surface area contributed by atoms with E-state index in [0.717, 1.165) is 0 Å². The lowest BCUT2D eigenvalue weighted by molar-refractivity contribution is 0.261. The van der Waals surface area contributed by atoms with Crippen LogP contribution in [0.3, 0.4) is 0 Å². The van der Waals surface area contributed by atoms with E-state index in [2.05, 4.69) is 15.8 Å². The van der Waals surface area contributed by atoms with Crippen molar-refractivity contribution in [3.05, 3.63) is 41.9 Å². The van der Waals surface area contributed by atoms with Gasteiger partial charge in [-0.2, -0.15) is 0 Å². The van der Waals surface area contributed by atoms with Crippen molar-refractivity contribution in [3.8, 4) is 0 Å². The summed E-state index contributed by atoms with van der Waals surface area (Å²) in [5.41, 5.74) is 0.102. The number of amides is 2. The number of para-hydroxylation sites is 1. The maximum absolute atomic E-state index is 13.2. The van der Waals surface area contributed by atoms with Crippen LogP contribution in [-0.4, -0.2) is 11.2 Å². The average Bonchev–Trinajstić information content (AvgIpc) is 2.67.